The minimum Gasteiger partial charge on any atom is -0.459 e. The van der Waals surface area contributed by atoms with Crippen LogP contribution in [0.5, 0.6) is 0 Å². The predicted octanol–water partition coefficient (Wildman–Crippen LogP) is 2.35. The molecule has 0 saturated heterocycles. The summed E-state index contributed by atoms with van der Waals surface area (Å²) in [6.45, 7) is 0. The van der Waals surface area contributed by atoms with Crippen molar-refractivity contribution in [1.82, 2.24) is 10.9 Å². The second kappa shape index (κ2) is 5.19. The Balaban J connectivity index is 1.66. The van der Waals surface area contributed by atoms with E-state index in [-0.39, 0.29) is 11.7 Å². The average molecular weight is 273 g/mol. The van der Waals surface area contributed by atoms with Gasteiger partial charge in [-0.1, -0.05) is 12.1 Å². The molecule has 2 aromatic rings. The van der Waals surface area contributed by atoms with Gasteiger partial charge in [0.15, 0.2) is 5.76 Å². The molecule has 0 aliphatic carbocycles. The molecule has 1 aliphatic heterocycles. The van der Waals surface area contributed by atoms with Gasteiger partial charge in [-0.2, -0.15) is 0 Å². The maximum absolute atomic E-state index is 11.7. The standard InChI is InChI=1S/C13H11N3O2S/c17-13(10-5-3-7-18-10)16-15-12-8-19-11-6-2-1-4-9(11)14-12/h1-7H,8H2,(H,14,15)(H,16,17). The Morgan fingerprint density at radius 2 is 2.16 bits per heavy atom. The Kier molecular flexibility index (Phi) is 3.24. The molecule has 0 bridgehead atoms. The van der Waals surface area contributed by atoms with Crippen LogP contribution in [0.25, 0.3) is 0 Å². The van der Waals surface area contributed by atoms with Crippen molar-refractivity contribution in [3.8, 4) is 0 Å². The number of thioether (sulfide) groups is 1. The van der Waals surface area contributed by atoms with Gasteiger partial charge in [0.25, 0.3) is 0 Å². The monoisotopic (exact) mass is 273 g/mol. The van der Waals surface area contributed by atoms with Crippen LogP contribution in [-0.4, -0.2) is 17.5 Å². The number of nitrogens with one attached hydrogen (secondary N) is 2. The highest BCUT2D eigenvalue weighted by Crippen LogP contribution is 2.32. The normalized spacial score (nSPS) is 13.4. The number of aliphatic imine (C=N–C) groups is 1. The first kappa shape index (κ1) is 11.9. The van der Waals surface area contributed by atoms with E-state index in [4.69, 9.17) is 4.42 Å². The summed E-state index contributed by atoms with van der Waals surface area (Å²) >= 11 is 1.68. The first-order valence-electron chi connectivity index (χ1n) is 5.72. The molecule has 2 heterocycles. The number of furan rings is 1. The number of amides is 1. The zero-order valence-corrected chi connectivity index (χ0v) is 10.7. The number of nitrogens with zero attached hydrogens (tertiary/aromatic N) is 1. The van der Waals surface area contributed by atoms with Crippen LogP contribution in [0.15, 0.2) is 57.0 Å². The molecule has 19 heavy (non-hydrogen) atoms. The van der Waals surface area contributed by atoms with Gasteiger partial charge in [0.05, 0.1) is 17.7 Å². The summed E-state index contributed by atoms with van der Waals surface area (Å²) in [5.41, 5.74) is 6.29. The van der Waals surface area contributed by atoms with Crippen LogP contribution in [0.2, 0.25) is 0 Å². The number of hydrogen-bond donors (Lipinski definition) is 2. The van der Waals surface area contributed by atoms with Crippen molar-refractivity contribution >= 4 is 29.2 Å². The molecule has 1 aliphatic rings. The Labute approximate surface area is 114 Å². The van der Waals surface area contributed by atoms with E-state index in [2.05, 4.69) is 15.8 Å². The molecule has 6 heteroatoms. The molecule has 0 unspecified atom stereocenters. The lowest BCUT2D eigenvalue weighted by molar-refractivity contribution is 0.0916. The average Bonchev–Trinajstić information content (AvgIpc) is 2.99. The summed E-state index contributed by atoms with van der Waals surface area (Å²) in [5.74, 6) is 1.34. The van der Waals surface area contributed by atoms with Crippen LogP contribution < -0.4 is 10.9 Å². The molecule has 1 amide bonds. The van der Waals surface area contributed by atoms with Crippen molar-refractivity contribution in [3.63, 3.8) is 0 Å². The van der Waals surface area contributed by atoms with E-state index in [1.54, 1.807) is 23.9 Å². The first-order chi connectivity index (χ1) is 9.33. The quantitative estimate of drug-likeness (QED) is 0.783. The Bertz CT molecular complexity index is 623. The second-order valence-electron chi connectivity index (χ2n) is 3.87. The van der Waals surface area contributed by atoms with Crippen molar-refractivity contribution in [2.75, 3.05) is 5.75 Å². The van der Waals surface area contributed by atoms with Gasteiger partial charge in [-0.3, -0.25) is 15.6 Å². The van der Waals surface area contributed by atoms with Gasteiger partial charge in [0, 0.05) is 4.90 Å². The van der Waals surface area contributed by atoms with Crippen molar-refractivity contribution in [1.29, 1.82) is 0 Å². The summed E-state index contributed by atoms with van der Waals surface area (Å²) < 4.78 is 4.99. The first-order valence-corrected chi connectivity index (χ1v) is 6.71. The minimum atomic E-state index is -0.323. The lowest BCUT2D eigenvalue weighted by atomic mass is 10.3. The number of para-hydroxylation sites is 1. The number of fused-ring (bicyclic) bond motifs is 1. The van der Waals surface area contributed by atoms with Crippen LogP contribution in [0, 0.1) is 0 Å². The lowest BCUT2D eigenvalue weighted by Gasteiger charge is -2.16. The highest BCUT2D eigenvalue weighted by atomic mass is 32.2. The molecule has 0 spiro atoms. The van der Waals surface area contributed by atoms with E-state index in [1.165, 1.54) is 6.26 Å². The second-order valence-corrected chi connectivity index (χ2v) is 4.89. The van der Waals surface area contributed by atoms with Crippen LogP contribution in [-0.2, 0) is 0 Å². The largest absolute Gasteiger partial charge is 0.459 e. The fourth-order valence-electron chi connectivity index (χ4n) is 1.66. The SMILES string of the molecule is O=C(NNC1=Nc2ccccc2SC1)c1ccco1. The summed E-state index contributed by atoms with van der Waals surface area (Å²) in [6, 6.07) is 11.2. The molecule has 2 N–H and O–H groups in total. The van der Waals surface area contributed by atoms with Crippen LogP contribution in [0.1, 0.15) is 10.6 Å². The third kappa shape index (κ3) is 2.63. The van der Waals surface area contributed by atoms with Crippen molar-refractivity contribution in [2.24, 2.45) is 4.99 Å². The number of hydrazine groups is 1. The summed E-state index contributed by atoms with van der Waals surface area (Å²) in [5, 5.41) is 0. The lowest BCUT2D eigenvalue weighted by Crippen LogP contribution is -2.42. The zero-order valence-electron chi connectivity index (χ0n) is 9.92. The number of carbonyl (C=O) groups is 1. The molecule has 0 fully saturated rings. The van der Waals surface area contributed by atoms with Crippen molar-refractivity contribution in [2.45, 2.75) is 4.90 Å². The predicted molar refractivity (Wildman–Crippen MR) is 73.6 cm³/mol. The van der Waals surface area contributed by atoms with E-state index in [1.807, 2.05) is 24.3 Å². The van der Waals surface area contributed by atoms with Crippen molar-refractivity contribution in [3.05, 3.63) is 48.4 Å². The third-order valence-corrected chi connectivity index (χ3v) is 3.62. The number of rotatable bonds is 1. The van der Waals surface area contributed by atoms with Crippen molar-refractivity contribution < 1.29 is 9.21 Å². The van der Waals surface area contributed by atoms with Crippen LogP contribution in [0.4, 0.5) is 5.69 Å². The molecule has 96 valence electrons. The fourth-order valence-corrected chi connectivity index (χ4v) is 2.52. The van der Waals surface area contributed by atoms with E-state index in [0.29, 0.717) is 11.6 Å². The van der Waals surface area contributed by atoms with Crippen LogP contribution in [0.3, 0.4) is 0 Å². The van der Waals surface area contributed by atoms with Gasteiger partial charge >= 0.3 is 5.91 Å². The Morgan fingerprint density at radius 1 is 1.26 bits per heavy atom. The smallest absolute Gasteiger partial charge is 0.305 e. The third-order valence-electron chi connectivity index (χ3n) is 2.55. The highest BCUT2D eigenvalue weighted by molar-refractivity contribution is 8.00. The molecule has 5 nitrogen and oxygen atoms in total. The Hall–Kier alpha value is -2.21. The van der Waals surface area contributed by atoms with E-state index in [9.17, 15) is 4.79 Å². The summed E-state index contributed by atoms with van der Waals surface area (Å²) in [6.07, 6.45) is 1.46. The highest BCUT2D eigenvalue weighted by Gasteiger charge is 2.13. The molecule has 1 aromatic heterocycles. The molecule has 0 atom stereocenters. The van der Waals surface area contributed by atoms with Gasteiger partial charge in [0.2, 0.25) is 0 Å². The van der Waals surface area contributed by atoms with Gasteiger partial charge in [-0.05, 0) is 24.3 Å². The van der Waals surface area contributed by atoms with Gasteiger partial charge in [0.1, 0.15) is 5.84 Å². The topological polar surface area (TPSA) is 66.6 Å². The maximum Gasteiger partial charge on any atom is 0.305 e. The molecular formula is C13H11N3O2S. The maximum atomic E-state index is 11.7. The summed E-state index contributed by atoms with van der Waals surface area (Å²) in [7, 11) is 0. The van der Waals surface area contributed by atoms with E-state index < -0.39 is 0 Å². The molecule has 0 radical (unpaired) electrons. The van der Waals surface area contributed by atoms with E-state index in [0.717, 1.165) is 10.6 Å². The molecular weight excluding hydrogens is 262 g/mol. The number of amidine groups is 1. The number of hydrogen-bond acceptors (Lipinski definition) is 5. The van der Waals surface area contributed by atoms with Gasteiger partial charge in [-0.25, -0.2) is 4.99 Å². The minimum absolute atomic E-state index is 0.261. The molecule has 3 rings (SSSR count). The van der Waals surface area contributed by atoms with E-state index >= 15 is 0 Å². The number of benzene rings is 1. The van der Waals surface area contributed by atoms with Crippen LogP contribution >= 0.6 is 11.8 Å². The zero-order chi connectivity index (χ0) is 13.1. The van der Waals surface area contributed by atoms with Gasteiger partial charge in [-0.15, -0.1) is 11.8 Å². The number of carbonyl (C=O) groups excluding carboxylic acids is 1. The summed E-state index contributed by atoms with van der Waals surface area (Å²) in [4.78, 5) is 17.2. The Morgan fingerprint density at radius 3 is 3.00 bits per heavy atom. The molecule has 1 aromatic carbocycles. The van der Waals surface area contributed by atoms with Gasteiger partial charge < -0.3 is 4.42 Å². The fraction of sp³-hybridized carbons (Fsp3) is 0.0769. The molecule has 0 saturated carbocycles.